The normalized spacial score (nSPS) is 47.8. The van der Waals surface area contributed by atoms with Crippen LogP contribution in [0.15, 0.2) is 12.4 Å². The van der Waals surface area contributed by atoms with Crippen LogP contribution >= 0.6 is 0 Å². The predicted molar refractivity (Wildman–Crippen MR) is 122 cm³/mol. The third-order valence-electron chi connectivity index (χ3n) is 11.1. The smallest absolute Gasteiger partial charge is 0.157 e. The zero-order valence-corrected chi connectivity index (χ0v) is 20.2. The summed E-state index contributed by atoms with van der Waals surface area (Å²) in [6.45, 7) is 9.70. The Kier molecular flexibility index (Phi) is 4.95. The molecule has 0 aliphatic heterocycles. The quantitative estimate of drug-likeness (QED) is 0.711. The van der Waals surface area contributed by atoms with Crippen LogP contribution in [-0.4, -0.2) is 26.3 Å². The van der Waals surface area contributed by atoms with Crippen molar-refractivity contribution in [2.24, 2.45) is 39.9 Å². The summed E-state index contributed by atoms with van der Waals surface area (Å²) in [6.07, 6.45) is 13.2. The van der Waals surface area contributed by atoms with E-state index < -0.39 is 5.60 Å². The minimum atomic E-state index is -0.521. The van der Waals surface area contributed by atoms with E-state index in [-0.39, 0.29) is 23.3 Å². The van der Waals surface area contributed by atoms with Gasteiger partial charge in [0.15, 0.2) is 5.78 Å². The lowest BCUT2D eigenvalue weighted by atomic mass is 9.39. The molecule has 1 aromatic heterocycles. The molecule has 4 fully saturated rings. The summed E-state index contributed by atoms with van der Waals surface area (Å²) in [5.41, 5.74) is 0.597. The Bertz CT molecular complexity index is 960. The molecule has 0 spiro atoms. The van der Waals surface area contributed by atoms with Crippen molar-refractivity contribution >= 4 is 5.78 Å². The maximum atomic E-state index is 13.4. The van der Waals surface area contributed by atoms with Gasteiger partial charge in [-0.05, 0) is 98.7 Å². The zero-order chi connectivity index (χ0) is 22.9. The van der Waals surface area contributed by atoms with Crippen LogP contribution in [0.2, 0.25) is 0 Å². The van der Waals surface area contributed by atoms with Crippen molar-refractivity contribution in [1.82, 2.24) is 9.78 Å². The Morgan fingerprint density at radius 2 is 1.91 bits per heavy atom. The van der Waals surface area contributed by atoms with Crippen LogP contribution in [0.3, 0.4) is 0 Å². The number of nitrogens with zero attached hydrogens (tertiary/aromatic N) is 3. The summed E-state index contributed by atoms with van der Waals surface area (Å²) in [6, 6.07) is 2.10. The number of hydrogen-bond acceptors (Lipinski definition) is 4. The van der Waals surface area contributed by atoms with Crippen molar-refractivity contribution in [3.8, 4) is 6.07 Å². The number of carbonyl (C=O) groups is 1. The second-order valence-corrected chi connectivity index (χ2v) is 12.7. The summed E-state index contributed by atoms with van der Waals surface area (Å²) < 4.78 is 1.64. The monoisotopic (exact) mass is 437 g/mol. The van der Waals surface area contributed by atoms with Gasteiger partial charge in [-0.15, -0.1) is 0 Å². The molecule has 0 bridgehead atoms. The number of rotatable bonds is 3. The number of hydrogen-bond donors (Lipinski definition) is 1. The van der Waals surface area contributed by atoms with Crippen molar-refractivity contribution < 1.29 is 9.90 Å². The van der Waals surface area contributed by atoms with Crippen molar-refractivity contribution in [2.45, 2.75) is 97.6 Å². The average molecular weight is 438 g/mol. The number of nitriles is 1. The summed E-state index contributed by atoms with van der Waals surface area (Å²) >= 11 is 0. The van der Waals surface area contributed by atoms with Crippen LogP contribution in [0.5, 0.6) is 0 Å². The van der Waals surface area contributed by atoms with E-state index in [4.69, 9.17) is 5.26 Å². The Morgan fingerprint density at radius 1 is 1.12 bits per heavy atom. The Balaban J connectivity index is 1.36. The zero-order valence-electron chi connectivity index (χ0n) is 20.2. The van der Waals surface area contributed by atoms with Gasteiger partial charge < -0.3 is 5.11 Å². The van der Waals surface area contributed by atoms with E-state index in [9.17, 15) is 9.90 Å². The SMILES string of the molecule is C[C@@]1(O)CC[C@]2(C)[C@H]3CC[C@]4(C)[C@@H](C(=O)Cn5cc(C#N)cn5)CC[C@H]4[C@@H]3CC[C@]2(C)C1. The van der Waals surface area contributed by atoms with Gasteiger partial charge in [0.05, 0.1) is 23.9 Å². The van der Waals surface area contributed by atoms with Crippen LogP contribution < -0.4 is 0 Å². The molecule has 32 heavy (non-hydrogen) atoms. The van der Waals surface area contributed by atoms with Crippen LogP contribution in [0, 0.1) is 51.2 Å². The molecular formula is C27H39N3O2. The number of Topliss-reactive ketones (excluding diaryl/α,β-unsaturated/α-hetero) is 1. The first-order valence-electron chi connectivity index (χ1n) is 12.7. The molecule has 4 aliphatic rings. The molecule has 0 unspecified atom stereocenters. The largest absolute Gasteiger partial charge is 0.390 e. The molecule has 0 amide bonds. The Morgan fingerprint density at radius 3 is 2.62 bits per heavy atom. The highest BCUT2D eigenvalue weighted by Gasteiger charge is 2.64. The van der Waals surface area contributed by atoms with Crippen molar-refractivity contribution in [3.63, 3.8) is 0 Å². The highest BCUT2D eigenvalue weighted by atomic mass is 16.3. The first-order chi connectivity index (χ1) is 15.0. The van der Waals surface area contributed by atoms with E-state index in [2.05, 4.69) is 31.9 Å². The minimum absolute atomic E-state index is 0.0910. The van der Waals surface area contributed by atoms with E-state index >= 15 is 0 Å². The van der Waals surface area contributed by atoms with Crippen LogP contribution in [0.25, 0.3) is 0 Å². The highest BCUT2D eigenvalue weighted by Crippen LogP contribution is 2.71. The van der Waals surface area contributed by atoms with Crippen LogP contribution in [0.1, 0.15) is 91.0 Å². The number of aliphatic hydroxyl groups is 1. The number of fused-ring (bicyclic) bond motifs is 5. The molecular weight excluding hydrogens is 398 g/mol. The fourth-order valence-electron chi connectivity index (χ4n) is 9.24. The minimum Gasteiger partial charge on any atom is -0.390 e. The lowest BCUT2D eigenvalue weighted by molar-refractivity contribution is -0.189. The topological polar surface area (TPSA) is 78.9 Å². The number of carbonyl (C=O) groups excluding carboxylic acids is 1. The van der Waals surface area contributed by atoms with E-state index in [0.717, 1.165) is 32.1 Å². The summed E-state index contributed by atoms with van der Waals surface area (Å²) in [5.74, 6) is 2.46. The van der Waals surface area contributed by atoms with Gasteiger partial charge in [-0.1, -0.05) is 20.8 Å². The second kappa shape index (κ2) is 7.16. The molecule has 5 nitrogen and oxygen atoms in total. The number of ketones is 1. The fraction of sp³-hybridized carbons (Fsp3) is 0.815. The van der Waals surface area contributed by atoms with Crippen molar-refractivity contribution in [2.75, 3.05) is 0 Å². The summed E-state index contributed by atoms with van der Waals surface area (Å²) in [4.78, 5) is 13.4. The van der Waals surface area contributed by atoms with E-state index in [0.29, 0.717) is 34.5 Å². The lowest BCUT2D eigenvalue weighted by Crippen LogP contribution is -2.60. The maximum Gasteiger partial charge on any atom is 0.157 e. The molecule has 0 saturated heterocycles. The van der Waals surface area contributed by atoms with Gasteiger partial charge in [0.2, 0.25) is 0 Å². The molecule has 0 radical (unpaired) electrons. The highest BCUT2D eigenvalue weighted by molar-refractivity contribution is 5.82. The summed E-state index contributed by atoms with van der Waals surface area (Å²) in [7, 11) is 0. The molecule has 0 aromatic carbocycles. The van der Waals surface area contributed by atoms with Gasteiger partial charge in [-0.3, -0.25) is 9.48 Å². The molecule has 5 heteroatoms. The molecule has 8 atom stereocenters. The van der Waals surface area contributed by atoms with Crippen LogP contribution in [-0.2, 0) is 11.3 Å². The standard InChI is InChI=1S/C27H39N3O2/c1-24-9-7-19-20-5-6-22(23(31)16-30-15-18(13-28)14-29-30)26(20,3)10-8-21(19)27(24,4)12-11-25(2,32)17-24/h14-15,19-22,32H,5-12,16-17H2,1-4H3/t19-,20-,21-,22+,24+,25+,26-,27+/m0/s1. The first-order valence-corrected chi connectivity index (χ1v) is 12.7. The van der Waals surface area contributed by atoms with Crippen molar-refractivity contribution in [1.29, 1.82) is 5.26 Å². The molecule has 4 aliphatic carbocycles. The molecule has 4 saturated carbocycles. The molecule has 1 heterocycles. The van der Waals surface area contributed by atoms with Gasteiger partial charge in [0, 0.05) is 12.1 Å². The predicted octanol–water partition coefficient (Wildman–Crippen LogP) is 5.12. The Labute approximate surface area is 192 Å². The third-order valence-corrected chi connectivity index (χ3v) is 11.1. The van der Waals surface area contributed by atoms with Gasteiger partial charge >= 0.3 is 0 Å². The average Bonchev–Trinajstić information content (AvgIpc) is 3.32. The molecule has 1 N–H and O–H groups in total. The Hall–Kier alpha value is -1.67. The fourth-order valence-corrected chi connectivity index (χ4v) is 9.24. The van der Waals surface area contributed by atoms with E-state index in [1.54, 1.807) is 17.1 Å². The van der Waals surface area contributed by atoms with Gasteiger partial charge in [0.25, 0.3) is 0 Å². The lowest BCUT2D eigenvalue weighted by Gasteiger charge is -2.66. The maximum absolute atomic E-state index is 13.4. The molecule has 5 rings (SSSR count). The van der Waals surface area contributed by atoms with E-state index in [1.807, 2.05) is 6.92 Å². The van der Waals surface area contributed by atoms with Gasteiger partial charge in [-0.25, -0.2) is 0 Å². The summed E-state index contributed by atoms with van der Waals surface area (Å²) in [5, 5.41) is 24.1. The molecule has 1 aromatic rings. The number of aromatic nitrogens is 2. The second-order valence-electron chi connectivity index (χ2n) is 12.7. The van der Waals surface area contributed by atoms with Gasteiger partial charge in [-0.2, -0.15) is 10.4 Å². The first kappa shape index (κ1) is 22.1. The van der Waals surface area contributed by atoms with E-state index in [1.165, 1.54) is 25.7 Å². The molecule has 174 valence electrons. The van der Waals surface area contributed by atoms with Crippen LogP contribution in [0.4, 0.5) is 0 Å². The third kappa shape index (κ3) is 3.12. The van der Waals surface area contributed by atoms with Crippen molar-refractivity contribution in [3.05, 3.63) is 18.0 Å². The van der Waals surface area contributed by atoms with Gasteiger partial charge in [0.1, 0.15) is 6.07 Å².